The van der Waals surface area contributed by atoms with Gasteiger partial charge in [-0.15, -0.1) is 0 Å². The van der Waals surface area contributed by atoms with Crippen LogP contribution in [0.3, 0.4) is 0 Å². The second kappa shape index (κ2) is 6.76. The number of nitrogens with one attached hydrogen (secondary N) is 1. The molecule has 2 aromatic heterocycles. The average Bonchev–Trinajstić information content (AvgIpc) is 3.28. The van der Waals surface area contributed by atoms with Crippen LogP contribution in [-0.2, 0) is 0 Å². The average molecular weight is 330 g/mol. The van der Waals surface area contributed by atoms with Gasteiger partial charge in [-0.05, 0) is 43.2 Å². The first-order chi connectivity index (χ1) is 11.8. The van der Waals surface area contributed by atoms with Gasteiger partial charge in [0.15, 0.2) is 0 Å². The maximum absolute atomic E-state index is 10.9. The Kier molecular flexibility index (Phi) is 4.34. The van der Waals surface area contributed by atoms with E-state index >= 15 is 0 Å². The Labute approximate surface area is 140 Å². The van der Waals surface area contributed by atoms with Crippen LogP contribution in [0.1, 0.15) is 25.7 Å². The molecule has 1 saturated carbocycles. The number of rotatable bonds is 6. The third-order valence-electron chi connectivity index (χ3n) is 5.11. The number of likely N-dealkylation sites (tertiary alicyclic amines) is 1. The molecule has 2 aliphatic rings. The molecular weight excluding hydrogens is 308 g/mol. The van der Waals surface area contributed by atoms with Crippen molar-refractivity contribution in [2.45, 2.75) is 25.7 Å². The number of nitrogens with zero attached hydrogens (tertiary/aromatic N) is 3. The van der Waals surface area contributed by atoms with Crippen molar-refractivity contribution >= 4 is 0 Å². The lowest BCUT2D eigenvalue weighted by Crippen LogP contribution is -2.24. The second-order valence-electron chi connectivity index (χ2n) is 6.74. The summed E-state index contributed by atoms with van der Waals surface area (Å²) in [7, 11) is 0. The van der Waals surface area contributed by atoms with Crippen LogP contribution in [0, 0.1) is 11.8 Å². The number of hydrogen-bond acceptors (Lipinski definition) is 6. The Morgan fingerprint density at radius 1 is 1.29 bits per heavy atom. The topological polar surface area (TPSA) is 84.3 Å². The van der Waals surface area contributed by atoms with Crippen molar-refractivity contribution in [3.05, 3.63) is 28.9 Å². The van der Waals surface area contributed by atoms with E-state index in [0.29, 0.717) is 18.1 Å². The molecule has 1 saturated heterocycles. The minimum atomic E-state index is -0.585. The fourth-order valence-corrected chi connectivity index (χ4v) is 3.94. The van der Waals surface area contributed by atoms with E-state index in [2.05, 4.69) is 24.5 Å². The van der Waals surface area contributed by atoms with Crippen molar-refractivity contribution in [1.82, 2.24) is 20.0 Å². The van der Waals surface area contributed by atoms with Gasteiger partial charge in [0.05, 0.1) is 12.8 Å². The SMILES string of the molecule is O=c1[nH]c(-c2ccc(OCCCN3CC4CCCC4C3)cn2)no1. The highest BCUT2D eigenvalue weighted by Crippen LogP contribution is 2.37. The molecule has 7 nitrogen and oxygen atoms in total. The lowest BCUT2D eigenvalue weighted by molar-refractivity contribution is 0.253. The largest absolute Gasteiger partial charge is 0.492 e. The van der Waals surface area contributed by atoms with Gasteiger partial charge in [0.2, 0.25) is 5.82 Å². The maximum atomic E-state index is 10.9. The van der Waals surface area contributed by atoms with Crippen molar-refractivity contribution < 1.29 is 9.26 Å². The standard InChI is InChI=1S/C17H22N4O3/c22-17-19-16(20-24-17)15-6-5-14(9-18-15)23-8-2-7-21-10-12-3-1-4-13(12)11-21/h5-6,9,12-13H,1-4,7-8,10-11H2,(H,19,20,22). The number of hydrogen-bond donors (Lipinski definition) is 1. The van der Waals surface area contributed by atoms with Gasteiger partial charge < -0.3 is 9.64 Å². The van der Waals surface area contributed by atoms with Crippen LogP contribution in [0.15, 0.2) is 27.6 Å². The Hall–Kier alpha value is -2.15. The van der Waals surface area contributed by atoms with Crippen molar-refractivity contribution in [2.24, 2.45) is 11.8 Å². The quantitative estimate of drug-likeness (QED) is 0.815. The minimum Gasteiger partial charge on any atom is -0.492 e. The molecule has 0 radical (unpaired) electrons. The Morgan fingerprint density at radius 2 is 2.12 bits per heavy atom. The highest BCUT2D eigenvalue weighted by Gasteiger charge is 2.35. The zero-order chi connectivity index (χ0) is 16.4. The molecule has 4 rings (SSSR count). The normalized spacial score (nSPS) is 23.5. The summed E-state index contributed by atoms with van der Waals surface area (Å²) in [6.07, 6.45) is 6.94. The molecule has 2 unspecified atom stereocenters. The smallest absolute Gasteiger partial charge is 0.439 e. The minimum absolute atomic E-state index is 0.325. The highest BCUT2D eigenvalue weighted by atomic mass is 16.5. The molecule has 24 heavy (non-hydrogen) atoms. The summed E-state index contributed by atoms with van der Waals surface area (Å²) in [4.78, 5) is 20.2. The summed E-state index contributed by atoms with van der Waals surface area (Å²) in [5.41, 5.74) is 0.553. The zero-order valence-corrected chi connectivity index (χ0v) is 13.6. The van der Waals surface area contributed by atoms with Crippen molar-refractivity contribution in [3.63, 3.8) is 0 Å². The van der Waals surface area contributed by atoms with Crippen LogP contribution in [-0.4, -0.2) is 46.3 Å². The first-order valence-corrected chi connectivity index (χ1v) is 8.65. The molecule has 128 valence electrons. The summed E-state index contributed by atoms with van der Waals surface area (Å²) in [5, 5.41) is 3.61. The molecule has 0 spiro atoms. The van der Waals surface area contributed by atoms with Gasteiger partial charge in [0.1, 0.15) is 11.4 Å². The van der Waals surface area contributed by atoms with Crippen molar-refractivity contribution in [1.29, 1.82) is 0 Å². The van der Waals surface area contributed by atoms with Crippen LogP contribution in [0.4, 0.5) is 0 Å². The van der Waals surface area contributed by atoms with Crippen LogP contribution in [0.5, 0.6) is 5.75 Å². The van der Waals surface area contributed by atoms with E-state index in [-0.39, 0.29) is 0 Å². The summed E-state index contributed by atoms with van der Waals surface area (Å²) >= 11 is 0. The Morgan fingerprint density at radius 3 is 2.79 bits per heavy atom. The maximum Gasteiger partial charge on any atom is 0.439 e. The molecule has 0 amide bonds. The molecule has 1 aliphatic carbocycles. The number of aromatic nitrogens is 3. The summed E-state index contributed by atoms with van der Waals surface area (Å²) in [5.74, 6) is 2.36. The van der Waals surface area contributed by atoms with Gasteiger partial charge in [0.25, 0.3) is 0 Å². The highest BCUT2D eigenvalue weighted by molar-refractivity contribution is 5.48. The van der Waals surface area contributed by atoms with Gasteiger partial charge in [-0.1, -0.05) is 11.6 Å². The van der Waals surface area contributed by atoms with E-state index in [4.69, 9.17) is 4.74 Å². The predicted molar refractivity (Wildman–Crippen MR) is 87.7 cm³/mol. The number of pyridine rings is 1. The van der Waals surface area contributed by atoms with Crippen LogP contribution >= 0.6 is 0 Å². The van der Waals surface area contributed by atoms with E-state index < -0.39 is 5.76 Å². The van der Waals surface area contributed by atoms with E-state index in [1.54, 1.807) is 12.3 Å². The molecule has 1 N–H and O–H groups in total. The molecule has 0 aromatic carbocycles. The summed E-state index contributed by atoms with van der Waals surface area (Å²) in [6, 6.07) is 3.58. The first-order valence-electron chi connectivity index (χ1n) is 8.65. The van der Waals surface area contributed by atoms with Crippen LogP contribution in [0.25, 0.3) is 11.5 Å². The zero-order valence-electron chi connectivity index (χ0n) is 13.6. The molecule has 1 aliphatic heterocycles. The predicted octanol–water partition coefficient (Wildman–Crippen LogP) is 1.93. The van der Waals surface area contributed by atoms with Crippen LogP contribution < -0.4 is 10.5 Å². The monoisotopic (exact) mass is 330 g/mol. The summed E-state index contributed by atoms with van der Waals surface area (Å²) < 4.78 is 10.2. The van der Waals surface area contributed by atoms with Crippen molar-refractivity contribution in [3.8, 4) is 17.3 Å². The van der Waals surface area contributed by atoms with E-state index in [1.807, 2.05) is 6.07 Å². The molecule has 3 heterocycles. The van der Waals surface area contributed by atoms with E-state index in [9.17, 15) is 4.79 Å². The fraction of sp³-hybridized carbons (Fsp3) is 0.588. The molecule has 2 fully saturated rings. The molecule has 7 heteroatoms. The summed E-state index contributed by atoms with van der Waals surface area (Å²) in [6.45, 7) is 4.35. The first kappa shape index (κ1) is 15.4. The van der Waals surface area contributed by atoms with Gasteiger partial charge in [-0.3, -0.25) is 9.51 Å². The number of fused-ring (bicyclic) bond motifs is 1. The lowest BCUT2D eigenvalue weighted by Gasteiger charge is -2.16. The van der Waals surface area contributed by atoms with E-state index in [1.165, 1.54) is 32.4 Å². The third kappa shape index (κ3) is 3.36. The third-order valence-corrected chi connectivity index (χ3v) is 5.11. The molecule has 0 bridgehead atoms. The molecule has 2 aromatic rings. The van der Waals surface area contributed by atoms with Crippen LogP contribution in [0.2, 0.25) is 0 Å². The van der Waals surface area contributed by atoms with Gasteiger partial charge in [-0.25, -0.2) is 9.78 Å². The lowest BCUT2D eigenvalue weighted by atomic mass is 10.0. The number of ether oxygens (including phenoxy) is 1. The van der Waals surface area contributed by atoms with Crippen molar-refractivity contribution in [2.75, 3.05) is 26.2 Å². The number of aromatic amines is 1. The van der Waals surface area contributed by atoms with Gasteiger partial charge in [-0.2, -0.15) is 0 Å². The fourth-order valence-electron chi connectivity index (χ4n) is 3.94. The number of H-pyrrole nitrogens is 1. The second-order valence-corrected chi connectivity index (χ2v) is 6.74. The Bertz CT molecular complexity index is 712. The van der Waals surface area contributed by atoms with Gasteiger partial charge in [0, 0.05) is 19.6 Å². The van der Waals surface area contributed by atoms with Gasteiger partial charge >= 0.3 is 5.76 Å². The Balaban J connectivity index is 1.21. The molecular formula is C17H22N4O3. The molecule has 2 atom stereocenters. The van der Waals surface area contributed by atoms with E-state index in [0.717, 1.165) is 30.6 Å².